The summed E-state index contributed by atoms with van der Waals surface area (Å²) in [5, 5.41) is 2.69. The van der Waals surface area contributed by atoms with Gasteiger partial charge in [0, 0.05) is 23.8 Å². The molecule has 8 heteroatoms. The predicted molar refractivity (Wildman–Crippen MR) is 91.5 cm³/mol. The molecule has 1 amide bonds. The number of anilines is 1. The van der Waals surface area contributed by atoms with Crippen LogP contribution in [0.25, 0.3) is 0 Å². The van der Waals surface area contributed by atoms with E-state index in [0.717, 1.165) is 12.2 Å². The number of carbonyl (C=O) groups is 2. The van der Waals surface area contributed by atoms with E-state index in [4.69, 9.17) is 10.5 Å². The van der Waals surface area contributed by atoms with Crippen molar-refractivity contribution in [2.75, 3.05) is 24.6 Å². The molecule has 0 aliphatic carbocycles. The van der Waals surface area contributed by atoms with E-state index < -0.39 is 5.97 Å². The number of esters is 1. The summed E-state index contributed by atoms with van der Waals surface area (Å²) in [6.45, 7) is 0.143. The zero-order valence-corrected chi connectivity index (χ0v) is 13.8. The molecule has 126 valence electrons. The lowest BCUT2D eigenvalue weighted by Crippen LogP contribution is -2.30. The quantitative estimate of drug-likeness (QED) is 0.424. The number of benzene rings is 1. The number of amides is 1. The molecule has 2 aromatic rings. The van der Waals surface area contributed by atoms with Crippen LogP contribution >= 0.6 is 11.8 Å². The standard InChI is InChI=1S/C16H18N4O3S/c17-15-14(19-8-9-20-15)16(22)23-11-13(21)18-7-4-10-24-12-5-2-1-3-6-12/h1-3,5-6,8-9H,4,7,10-11H2,(H2,17,20)(H,18,21). The van der Waals surface area contributed by atoms with Crippen molar-refractivity contribution in [1.29, 1.82) is 0 Å². The van der Waals surface area contributed by atoms with Gasteiger partial charge >= 0.3 is 5.97 Å². The third-order valence-electron chi connectivity index (χ3n) is 2.91. The summed E-state index contributed by atoms with van der Waals surface area (Å²) in [5.41, 5.74) is 5.42. The first-order chi connectivity index (χ1) is 11.7. The van der Waals surface area contributed by atoms with Gasteiger partial charge in [0.05, 0.1) is 0 Å². The Morgan fingerprint density at radius 2 is 1.92 bits per heavy atom. The van der Waals surface area contributed by atoms with E-state index >= 15 is 0 Å². The van der Waals surface area contributed by atoms with Crippen molar-refractivity contribution >= 4 is 29.5 Å². The Morgan fingerprint density at radius 1 is 1.17 bits per heavy atom. The highest BCUT2D eigenvalue weighted by Gasteiger charge is 2.15. The van der Waals surface area contributed by atoms with Gasteiger partial charge in [-0.15, -0.1) is 11.8 Å². The van der Waals surface area contributed by atoms with Gasteiger partial charge in [0.2, 0.25) is 0 Å². The summed E-state index contributed by atoms with van der Waals surface area (Å²) in [5.74, 6) is -0.271. The van der Waals surface area contributed by atoms with Gasteiger partial charge in [-0.3, -0.25) is 4.79 Å². The second-order valence-corrected chi connectivity index (χ2v) is 5.90. The van der Waals surface area contributed by atoms with Crippen LogP contribution in [-0.2, 0) is 9.53 Å². The Morgan fingerprint density at radius 3 is 2.67 bits per heavy atom. The first-order valence-electron chi connectivity index (χ1n) is 7.35. The third kappa shape index (κ3) is 5.88. The van der Waals surface area contributed by atoms with Gasteiger partial charge in [-0.1, -0.05) is 18.2 Å². The Bertz CT molecular complexity index is 682. The van der Waals surface area contributed by atoms with Crippen molar-refractivity contribution < 1.29 is 14.3 Å². The number of nitrogens with one attached hydrogen (secondary N) is 1. The number of rotatable bonds is 8. The predicted octanol–water partition coefficient (Wildman–Crippen LogP) is 1.51. The van der Waals surface area contributed by atoms with Crippen molar-refractivity contribution in [3.63, 3.8) is 0 Å². The highest BCUT2D eigenvalue weighted by molar-refractivity contribution is 7.99. The molecule has 24 heavy (non-hydrogen) atoms. The van der Waals surface area contributed by atoms with Crippen molar-refractivity contribution in [1.82, 2.24) is 15.3 Å². The Kier molecular flexibility index (Phi) is 7.03. The number of aromatic nitrogens is 2. The van der Waals surface area contributed by atoms with E-state index in [0.29, 0.717) is 6.54 Å². The van der Waals surface area contributed by atoms with Crippen molar-refractivity contribution in [3.05, 3.63) is 48.4 Å². The molecule has 1 aromatic heterocycles. The van der Waals surface area contributed by atoms with Crippen LogP contribution in [-0.4, -0.2) is 40.7 Å². The molecule has 3 N–H and O–H groups in total. The average molecular weight is 346 g/mol. The molecular weight excluding hydrogens is 328 g/mol. The zero-order valence-electron chi connectivity index (χ0n) is 13.0. The maximum Gasteiger partial charge on any atom is 0.361 e. The van der Waals surface area contributed by atoms with Crippen LogP contribution < -0.4 is 11.1 Å². The first-order valence-corrected chi connectivity index (χ1v) is 8.33. The fourth-order valence-corrected chi connectivity index (χ4v) is 2.64. The van der Waals surface area contributed by atoms with Crippen molar-refractivity contribution in [2.45, 2.75) is 11.3 Å². The fraction of sp³-hybridized carbons (Fsp3) is 0.250. The van der Waals surface area contributed by atoms with Crippen LogP contribution in [0, 0.1) is 0 Å². The molecular formula is C16H18N4O3S. The van der Waals surface area contributed by atoms with Crippen LogP contribution in [0.3, 0.4) is 0 Å². The number of hydrogen-bond acceptors (Lipinski definition) is 7. The molecule has 0 saturated heterocycles. The summed E-state index contributed by atoms with van der Waals surface area (Å²) < 4.78 is 4.86. The lowest BCUT2D eigenvalue weighted by Gasteiger charge is -2.07. The lowest BCUT2D eigenvalue weighted by molar-refractivity contribution is -0.124. The van der Waals surface area contributed by atoms with E-state index in [2.05, 4.69) is 15.3 Å². The molecule has 0 radical (unpaired) electrons. The van der Waals surface area contributed by atoms with Crippen LogP contribution in [0.4, 0.5) is 5.82 Å². The molecule has 1 heterocycles. The molecule has 1 aromatic carbocycles. The summed E-state index contributed by atoms with van der Waals surface area (Å²) in [6, 6.07) is 10.0. The fourth-order valence-electron chi connectivity index (χ4n) is 1.76. The smallest absolute Gasteiger partial charge is 0.361 e. The second kappa shape index (κ2) is 9.51. The number of carbonyl (C=O) groups excluding carboxylic acids is 2. The molecule has 2 rings (SSSR count). The molecule has 0 fully saturated rings. The van der Waals surface area contributed by atoms with Crippen LogP contribution in [0.1, 0.15) is 16.9 Å². The van der Waals surface area contributed by atoms with Crippen LogP contribution in [0.15, 0.2) is 47.6 Å². The molecule has 0 saturated carbocycles. The topological polar surface area (TPSA) is 107 Å². The zero-order chi connectivity index (χ0) is 17.2. The monoisotopic (exact) mass is 346 g/mol. The third-order valence-corrected chi connectivity index (χ3v) is 4.01. The molecule has 0 unspecified atom stereocenters. The largest absolute Gasteiger partial charge is 0.451 e. The SMILES string of the molecule is Nc1nccnc1C(=O)OCC(=O)NCCCSc1ccccc1. The van der Waals surface area contributed by atoms with Gasteiger partial charge in [0.25, 0.3) is 5.91 Å². The lowest BCUT2D eigenvalue weighted by atomic mass is 10.4. The van der Waals surface area contributed by atoms with Crippen molar-refractivity contribution in [2.24, 2.45) is 0 Å². The van der Waals surface area contributed by atoms with Crippen LogP contribution in [0.2, 0.25) is 0 Å². The average Bonchev–Trinajstić information content (AvgIpc) is 2.60. The Balaban J connectivity index is 1.60. The van der Waals surface area contributed by atoms with E-state index in [1.54, 1.807) is 11.8 Å². The number of hydrogen-bond donors (Lipinski definition) is 2. The number of thioether (sulfide) groups is 1. The molecule has 0 aliphatic rings. The summed E-state index contributed by atoms with van der Waals surface area (Å²) in [6.07, 6.45) is 3.51. The normalized spacial score (nSPS) is 10.2. The minimum absolute atomic E-state index is 0.0270. The highest BCUT2D eigenvalue weighted by atomic mass is 32.2. The van der Waals surface area contributed by atoms with Gasteiger partial charge < -0.3 is 15.8 Å². The number of ether oxygens (including phenoxy) is 1. The molecule has 0 bridgehead atoms. The first kappa shape index (κ1) is 17.7. The summed E-state index contributed by atoms with van der Waals surface area (Å²) >= 11 is 1.72. The molecule has 7 nitrogen and oxygen atoms in total. The number of nitrogen functional groups attached to an aromatic ring is 1. The maximum atomic E-state index is 11.7. The van der Waals surface area contributed by atoms with E-state index in [1.165, 1.54) is 17.3 Å². The summed E-state index contributed by atoms with van der Waals surface area (Å²) in [4.78, 5) is 32.1. The number of nitrogens with zero attached hydrogens (tertiary/aromatic N) is 2. The van der Waals surface area contributed by atoms with Gasteiger partial charge in [-0.2, -0.15) is 0 Å². The Hall–Kier alpha value is -2.61. The van der Waals surface area contributed by atoms with Gasteiger partial charge in [-0.25, -0.2) is 14.8 Å². The van der Waals surface area contributed by atoms with Gasteiger partial charge in [0.15, 0.2) is 18.1 Å². The molecule has 0 atom stereocenters. The second-order valence-electron chi connectivity index (χ2n) is 4.73. The maximum absolute atomic E-state index is 11.7. The minimum Gasteiger partial charge on any atom is -0.451 e. The van der Waals surface area contributed by atoms with E-state index in [-0.39, 0.29) is 24.0 Å². The molecule has 0 spiro atoms. The minimum atomic E-state index is -0.768. The van der Waals surface area contributed by atoms with Gasteiger partial charge in [-0.05, 0) is 24.3 Å². The van der Waals surface area contributed by atoms with E-state index in [1.807, 2.05) is 30.3 Å². The van der Waals surface area contributed by atoms with Crippen molar-refractivity contribution in [3.8, 4) is 0 Å². The van der Waals surface area contributed by atoms with Crippen LogP contribution in [0.5, 0.6) is 0 Å². The van der Waals surface area contributed by atoms with Gasteiger partial charge in [0.1, 0.15) is 0 Å². The van der Waals surface area contributed by atoms with E-state index in [9.17, 15) is 9.59 Å². The molecule has 0 aliphatic heterocycles. The number of nitrogens with two attached hydrogens (primary N) is 1. The highest BCUT2D eigenvalue weighted by Crippen LogP contribution is 2.17. The Labute approximate surface area is 144 Å². The summed E-state index contributed by atoms with van der Waals surface area (Å²) in [7, 11) is 0.